The fraction of sp³-hybridized carbons (Fsp3) is 0.500. The number of benzene rings is 1. The fourth-order valence-corrected chi connectivity index (χ4v) is 2.39. The summed E-state index contributed by atoms with van der Waals surface area (Å²) in [7, 11) is 0. The number of hydrogen-bond acceptors (Lipinski definition) is 3. The molecule has 0 saturated carbocycles. The molecule has 0 radical (unpaired) electrons. The standard InChI is InChI=1S/C14H20N2O/c1-12-11-16(10-8-14(12)15-17)9-7-13-5-3-2-4-6-13/h2-6,12,17H,7-11H2,1H3/b15-14+. The highest BCUT2D eigenvalue weighted by atomic mass is 16.4. The van der Waals surface area contributed by atoms with Crippen LogP contribution in [0.4, 0.5) is 0 Å². The summed E-state index contributed by atoms with van der Waals surface area (Å²) in [6.45, 7) is 5.24. The first-order valence-corrected chi connectivity index (χ1v) is 6.26. The first-order valence-electron chi connectivity index (χ1n) is 6.26. The van der Waals surface area contributed by atoms with Crippen LogP contribution >= 0.6 is 0 Å². The van der Waals surface area contributed by atoms with Gasteiger partial charge in [0.2, 0.25) is 0 Å². The van der Waals surface area contributed by atoms with E-state index in [1.165, 1.54) is 5.56 Å². The summed E-state index contributed by atoms with van der Waals surface area (Å²) in [5.41, 5.74) is 2.34. The first-order chi connectivity index (χ1) is 8.29. The summed E-state index contributed by atoms with van der Waals surface area (Å²) >= 11 is 0. The number of hydrogen-bond donors (Lipinski definition) is 1. The molecule has 1 heterocycles. The number of nitrogens with zero attached hydrogens (tertiary/aromatic N) is 2. The van der Waals surface area contributed by atoms with E-state index < -0.39 is 0 Å². The summed E-state index contributed by atoms with van der Waals surface area (Å²) < 4.78 is 0. The van der Waals surface area contributed by atoms with Crippen LogP contribution in [0.5, 0.6) is 0 Å². The van der Waals surface area contributed by atoms with E-state index in [1.54, 1.807) is 0 Å². The zero-order valence-electron chi connectivity index (χ0n) is 10.3. The lowest BCUT2D eigenvalue weighted by Gasteiger charge is -2.31. The van der Waals surface area contributed by atoms with Crippen molar-refractivity contribution in [1.29, 1.82) is 0 Å². The van der Waals surface area contributed by atoms with Gasteiger partial charge in [0.25, 0.3) is 0 Å². The molecule has 0 bridgehead atoms. The number of oxime groups is 1. The molecule has 0 amide bonds. The molecular formula is C14H20N2O. The van der Waals surface area contributed by atoms with Crippen molar-refractivity contribution in [3.8, 4) is 0 Å². The summed E-state index contributed by atoms with van der Waals surface area (Å²) in [4.78, 5) is 2.45. The van der Waals surface area contributed by atoms with E-state index in [0.29, 0.717) is 5.92 Å². The Morgan fingerprint density at radius 3 is 2.76 bits per heavy atom. The lowest BCUT2D eigenvalue weighted by atomic mass is 9.97. The van der Waals surface area contributed by atoms with E-state index in [1.807, 2.05) is 0 Å². The third-order valence-corrected chi connectivity index (χ3v) is 3.47. The number of piperidine rings is 1. The average molecular weight is 232 g/mol. The number of likely N-dealkylation sites (tertiary alicyclic amines) is 1. The first kappa shape index (κ1) is 12.1. The fourth-order valence-electron chi connectivity index (χ4n) is 2.39. The minimum Gasteiger partial charge on any atom is -0.411 e. The highest BCUT2D eigenvalue weighted by molar-refractivity contribution is 5.86. The van der Waals surface area contributed by atoms with Crippen molar-refractivity contribution in [2.75, 3.05) is 19.6 Å². The molecule has 3 nitrogen and oxygen atoms in total. The van der Waals surface area contributed by atoms with Gasteiger partial charge in [-0.3, -0.25) is 0 Å². The molecule has 1 unspecified atom stereocenters. The molecule has 1 fully saturated rings. The molecule has 0 aromatic heterocycles. The topological polar surface area (TPSA) is 35.8 Å². The summed E-state index contributed by atoms with van der Waals surface area (Å²) in [6.07, 6.45) is 1.99. The van der Waals surface area contributed by atoms with E-state index in [9.17, 15) is 0 Å². The Kier molecular flexibility index (Phi) is 4.15. The van der Waals surface area contributed by atoms with Gasteiger partial charge in [-0.1, -0.05) is 42.4 Å². The quantitative estimate of drug-likeness (QED) is 0.641. The largest absolute Gasteiger partial charge is 0.411 e. The zero-order valence-corrected chi connectivity index (χ0v) is 10.3. The van der Waals surface area contributed by atoms with Crippen molar-refractivity contribution >= 4 is 5.71 Å². The van der Waals surface area contributed by atoms with Crippen molar-refractivity contribution in [2.45, 2.75) is 19.8 Å². The molecule has 92 valence electrons. The SMILES string of the molecule is CC1CN(CCc2ccccc2)CC/C1=N\O. The molecule has 0 aliphatic carbocycles. The molecule has 1 atom stereocenters. The minimum absolute atomic E-state index is 0.379. The molecule has 0 spiro atoms. The van der Waals surface area contributed by atoms with E-state index >= 15 is 0 Å². The Balaban J connectivity index is 1.82. The van der Waals surface area contributed by atoms with Crippen molar-refractivity contribution in [2.24, 2.45) is 11.1 Å². The normalized spacial score (nSPS) is 24.1. The molecule has 1 aromatic rings. The van der Waals surface area contributed by atoms with Gasteiger partial charge in [0, 0.05) is 32.0 Å². The predicted octanol–water partition coefficient (Wildman–Crippen LogP) is 2.40. The van der Waals surface area contributed by atoms with E-state index in [0.717, 1.165) is 38.2 Å². The molecule has 17 heavy (non-hydrogen) atoms. The van der Waals surface area contributed by atoms with Gasteiger partial charge < -0.3 is 10.1 Å². The van der Waals surface area contributed by atoms with Crippen molar-refractivity contribution < 1.29 is 5.21 Å². The van der Waals surface area contributed by atoms with Gasteiger partial charge in [-0.15, -0.1) is 0 Å². The third-order valence-electron chi connectivity index (χ3n) is 3.47. The van der Waals surface area contributed by atoms with Gasteiger partial charge in [-0.2, -0.15) is 0 Å². The predicted molar refractivity (Wildman–Crippen MR) is 69.6 cm³/mol. The molecular weight excluding hydrogens is 212 g/mol. The molecule has 2 rings (SSSR count). The lowest BCUT2D eigenvalue weighted by Crippen LogP contribution is -2.40. The second-order valence-electron chi connectivity index (χ2n) is 4.78. The lowest BCUT2D eigenvalue weighted by molar-refractivity contribution is 0.238. The van der Waals surface area contributed by atoms with Gasteiger partial charge >= 0.3 is 0 Å². The van der Waals surface area contributed by atoms with Crippen molar-refractivity contribution in [3.05, 3.63) is 35.9 Å². The molecule has 1 N–H and O–H groups in total. The van der Waals surface area contributed by atoms with E-state index in [4.69, 9.17) is 5.21 Å². The van der Waals surface area contributed by atoms with Crippen LogP contribution in [0.2, 0.25) is 0 Å². The highest BCUT2D eigenvalue weighted by Gasteiger charge is 2.21. The molecule has 1 saturated heterocycles. The number of rotatable bonds is 3. The Labute approximate surface area is 103 Å². The van der Waals surface area contributed by atoms with Crippen molar-refractivity contribution in [3.63, 3.8) is 0 Å². The minimum atomic E-state index is 0.379. The van der Waals surface area contributed by atoms with Crippen LogP contribution in [0.15, 0.2) is 35.5 Å². The smallest absolute Gasteiger partial charge is 0.0624 e. The van der Waals surface area contributed by atoms with Gasteiger partial charge in [0.1, 0.15) is 0 Å². The van der Waals surface area contributed by atoms with Crippen LogP contribution in [0, 0.1) is 5.92 Å². The highest BCUT2D eigenvalue weighted by Crippen LogP contribution is 2.14. The van der Waals surface area contributed by atoms with E-state index in [2.05, 4.69) is 47.3 Å². The van der Waals surface area contributed by atoms with Crippen LogP contribution in [0.1, 0.15) is 18.9 Å². The van der Waals surface area contributed by atoms with Crippen LogP contribution in [-0.2, 0) is 6.42 Å². The Morgan fingerprint density at radius 1 is 1.35 bits per heavy atom. The maximum absolute atomic E-state index is 8.83. The maximum Gasteiger partial charge on any atom is 0.0624 e. The second-order valence-corrected chi connectivity index (χ2v) is 4.78. The van der Waals surface area contributed by atoms with Crippen LogP contribution < -0.4 is 0 Å². The van der Waals surface area contributed by atoms with Crippen LogP contribution in [-0.4, -0.2) is 35.5 Å². The van der Waals surface area contributed by atoms with E-state index in [-0.39, 0.29) is 0 Å². The van der Waals surface area contributed by atoms with Crippen LogP contribution in [0.3, 0.4) is 0 Å². The van der Waals surface area contributed by atoms with Gasteiger partial charge in [0.15, 0.2) is 0 Å². The molecule has 3 heteroatoms. The van der Waals surface area contributed by atoms with Crippen molar-refractivity contribution in [1.82, 2.24) is 4.90 Å². The Bertz CT molecular complexity index is 375. The Hall–Kier alpha value is -1.35. The zero-order chi connectivity index (χ0) is 12.1. The summed E-state index contributed by atoms with van der Waals surface area (Å²) in [5.74, 6) is 0.379. The monoisotopic (exact) mass is 232 g/mol. The third kappa shape index (κ3) is 3.30. The molecule has 1 aliphatic rings. The average Bonchev–Trinajstić information content (AvgIpc) is 2.38. The molecule has 1 aliphatic heterocycles. The molecule has 1 aromatic carbocycles. The summed E-state index contributed by atoms with van der Waals surface area (Å²) in [6, 6.07) is 10.6. The van der Waals surface area contributed by atoms with Gasteiger partial charge in [-0.05, 0) is 12.0 Å². The van der Waals surface area contributed by atoms with Gasteiger partial charge in [-0.25, -0.2) is 0 Å². The van der Waals surface area contributed by atoms with Gasteiger partial charge in [0.05, 0.1) is 5.71 Å². The Morgan fingerprint density at radius 2 is 2.12 bits per heavy atom. The maximum atomic E-state index is 8.83. The summed E-state index contributed by atoms with van der Waals surface area (Å²) in [5, 5.41) is 12.2. The second kappa shape index (κ2) is 5.82. The van der Waals surface area contributed by atoms with Crippen LogP contribution in [0.25, 0.3) is 0 Å².